The van der Waals surface area contributed by atoms with Crippen LogP contribution in [0.2, 0.25) is 0 Å². The highest BCUT2D eigenvalue weighted by atomic mass is 15.2. The third-order valence-corrected chi connectivity index (χ3v) is 6.17. The number of benzene rings is 1. The van der Waals surface area contributed by atoms with Gasteiger partial charge in [0.05, 0.1) is 5.52 Å². The van der Waals surface area contributed by atoms with E-state index in [1.165, 1.54) is 56.2 Å². The summed E-state index contributed by atoms with van der Waals surface area (Å²) in [6, 6.07) is 8.53. The van der Waals surface area contributed by atoms with E-state index in [1.54, 1.807) is 0 Å². The first-order valence-electron chi connectivity index (χ1n) is 9.93. The summed E-state index contributed by atoms with van der Waals surface area (Å²) in [5.74, 6) is 2.11. The minimum Gasteiger partial charge on any atom is -0.308 e. The van der Waals surface area contributed by atoms with Crippen molar-refractivity contribution >= 4 is 17.1 Å². The lowest BCUT2D eigenvalue weighted by Crippen LogP contribution is -2.41. The van der Waals surface area contributed by atoms with E-state index < -0.39 is 0 Å². The number of hydrogen-bond donors (Lipinski definition) is 1. The number of pyridine rings is 1. The second-order valence-corrected chi connectivity index (χ2v) is 8.46. The van der Waals surface area contributed by atoms with Crippen LogP contribution >= 0.6 is 0 Å². The van der Waals surface area contributed by atoms with Crippen LogP contribution in [0.1, 0.15) is 36.8 Å². The molecule has 4 rings (SSSR count). The van der Waals surface area contributed by atoms with Gasteiger partial charge in [0.25, 0.3) is 0 Å². The molecule has 3 unspecified atom stereocenters. The van der Waals surface area contributed by atoms with Gasteiger partial charge in [0, 0.05) is 49.5 Å². The Labute approximate surface area is 156 Å². The first-order valence-corrected chi connectivity index (χ1v) is 9.93. The lowest BCUT2D eigenvalue weighted by Gasteiger charge is -2.38. The standard InChI is InChI=1S/C22H30N4/c1-16-10-19(15-26(12-16)14-17-7-9-25(2)13-17)20-6-5-18(11-23)22-21(20)4-3-8-24-22/h3-6,8,11,16-17,19,23H,7,9-10,12-15H2,1-2H3. The molecule has 0 amide bonds. The minimum absolute atomic E-state index is 0.560. The Balaban J connectivity index is 1.59. The molecular weight excluding hydrogens is 320 g/mol. The molecule has 2 fully saturated rings. The molecule has 3 atom stereocenters. The molecule has 2 saturated heterocycles. The van der Waals surface area contributed by atoms with Gasteiger partial charge in [-0.3, -0.25) is 4.98 Å². The maximum Gasteiger partial charge on any atom is 0.0792 e. The molecule has 4 nitrogen and oxygen atoms in total. The van der Waals surface area contributed by atoms with Gasteiger partial charge in [-0.1, -0.05) is 25.1 Å². The molecule has 2 aliphatic rings. The molecule has 1 N–H and O–H groups in total. The number of fused-ring (bicyclic) bond motifs is 1. The maximum absolute atomic E-state index is 7.67. The SMILES string of the molecule is CC1CC(c2ccc(C=N)c3ncccc23)CN(CC2CCN(C)C2)C1. The van der Waals surface area contributed by atoms with Crippen LogP contribution in [-0.2, 0) is 0 Å². The maximum atomic E-state index is 7.67. The van der Waals surface area contributed by atoms with E-state index in [9.17, 15) is 0 Å². The van der Waals surface area contributed by atoms with Crippen molar-refractivity contribution in [2.24, 2.45) is 11.8 Å². The zero-order valence-corrected chi connectivity index (χ0v) is 16.0. The normalized spacial score (nSPS) is 27.8. The lowest BCUT2D eigenvalue weighted by atomic mass is 9.83. The summed E-state index contributed by atoms with van der Waals surface area (Å²) in [6.07, 6.45) is 5.85. The molecule has 2 aromatic rings. The zero-order valence-electron chi connectivity index (χ0n) is 16.0. The first-order chi connectivity index (χ1) is 12.6. The zero-order chi connectivity index (χ0) is 18.1. The molecule has 3 heterocycles. The largest absolute Gasteiger partial charge is 0.308 e. The van der Waals surface area contributed by atoms with E-state index in [4.69, 9.17) is 5.41 Å². The molecule has 2 aliphatic heterocycles. The van der Waals surface area contributed by atoms with Crippen molar-refractivity contribution in [1.29, 1.82) is 5.41 Å². The molecule has 0 aliphatic carbocycles. The monoisotopic (exact) mass is 350 g/mol. The predicted octanol–water partition coefficient (Wildman–Crippen LogP) is 3.61. The van der Waals surface area contributed by atoms with Crippen molar-refractivity contribution in [3.05, 3.63) is 41.6 Å². The Bertz CT molecular complexity index is 787. The summed E-state index contributed by atoms with van der Waals surface area (Å²) in [5.41, 5.74) is 3.31. The average Bonchev–Trinajstić information content (AvgIpc) is 3.05. The smallest absolute Gasteiger partial charge is 0.0792 e. The summed E-state index contributed by atoms with van der Waals surface area (Å²) >= 11 is 0. The van der Waals surface area contributed by atoms with Gasteiger partial charge in [0.15, 0.2) is 0 Å². The minimum atomic E-state index is 0.560. The van der Waals surface area contributed by atoms with Crippen LogP contribution in [0.3, 0.4) is 0 Å². The Hall–Kier alpha value is -1.78. The molecule has 0 radical (unpaired) electrons. The molecule has 0 saturated carbocycles. The van der Waals surface area contributed by atoms with Gasteiger partial charge in [0.2, 0.25) is 0 Å². The summed E-state index contributed by atoms with van der Waals surface area (Å²) in [5, 5.41) is 8.90. The first kappa shape index (κ1) is 17.6. The molecular formula is C22H30N4. The third kappa shape index (κ3) is 3.53. The van der Waals surface area contributed by atoms with Crippen LogP contribution in [0.5, 0.6) is 0 Å². The van der Waals surface area contributed by atoms with Crippen LogP contribution in [0.15, 0.2) is 30.5 Å². The number of rotatable bonds is 4. The van der Waals surface area contributed by atoms with E-state index in [0.29, 0.717) is 5.92 Å². The quantitative estimate of drug-likeness (QED) is 0.857. The topological polar surface area (TPSA) is 43.2 Å². The number of nitrogens with one attached hydrogen (secondary N) is 1. The summed E-state index contributed by atoms with van der Waals surface area (Å²) in [4.78, 5) is 9.73. The third-order valence-electron chi connectivity index (χ3n) is 6.17. The van der Waals surface area contributed by atoms with Gasteiger partial charge >= 0.3 is 0 Å². The predicted molar refractivity (Wildman–Crippen MR) is 108 cm³/mol. The van der Waals surface area contributed by atoms with Crippen LogP contribution in [0.25, 0.3) is 10.9 Å². The number of piperidine rings is 1. The van der Waals surface area contributed by atoms with Crippen LogP contribution in [-0.4, -0.2) is 60.8 Å². The molecule has 0 bridgehead atoms. The highest BCUT2D eigenvalue weighted by molar-refractivity contribution is 5.98. The van der Waals surface area contributed by atoms with Gasteiger partial charge < -0.3 is 15.2 Å². The van der Waals surface area contributed by atoms with E-state index >= 15 is 0 Å². The number of aromatic nitrogens is 1. The van der Waals surface area contributed by atoms with E-state index in [2.05, 4.69) is 47.0 Å². The van der Waals surface area contributed by atoms with Gasteiger partial charge in [-0.25, -0.2) is 0 Å². The van der Waals surface area contributed by atoms with Crippen molar-refractivity contribution in [1.82, 2.24) is 14.8 Å². The molecule has 4 heteroatoms. The number of hydrogen-bond acceptors (Lipinski definition) is 4. The Morgan fingerprint density at radius 1 is 1.23 bits per heavy atom. The van der Waals surface area contributed by atoms with Crippen LogP contribution in [0, 0.1) is 17.2 Å². The molecule has 26 heavy (non-hydrogen) atoms. The van der Waals surface area contributed by atoms with Crippen molar-refractivity contribution in [2.45, 2.75) is 25.7 Å². The molecule has 0 spiro atoms. The summed E-state index contributed by atoms with van der Waals surface area (Å²) in [6.45, 7) is 8.51. The van der Waals surface area contributed by atoms with Crippen molar-refractivity contribution < 1.29 is 0 Å². The fourth-order valence-electron chi connectivity index (χ4n) is 5.07. The summed E-state index contributed by atoms with van der Waals surface area (Å²) in [7, 11) is 2.24. The Morgan fingerprint density at radius 2 is 2.12 bits per heavy atom. The lowest BCUT2D eigenvalue weighted by molar-refractivity contribution is 0.143. The van der Waals surface area contributed by atoms with Gasteiger partial charge in [-0.15, -0.1) is 0 Å². The van der Waals surface area contributed by atoms with Crippen LogP contribution in [0.4, 0.5) is 0 Å². The van der Waals surface area contributed by atoms with Gasteiger partial charge in [-0.05, 0) is 55.8 Å². The molecule has 1 aromatic carbocycles. The van der Waals surface area contributed by atoms with E-state index in [1.807, 2.05) is 12.3 Å². The van der Waals surface area contributed by atoms with Crippen molar-refractivity contribution in [3.63, 3.8) is 0 Å². The number of likely N-dealkylation sites (tertiary alicyclic amines) is 2. The fraction of sp³-hybridized carbons (Fsp3) is 0.545. The second-order valence-electron chi connectivity index (χ2n) is 8.46. The highest BCUT2D eigenvalue weighted by Gasteiger charge is 2.30. The van der Waals surface area contributed by atoms with Crippen molar-refractivity contribution in [2.75, 3.05) is 39.8 Å². The Kier molecular flexibility index (Phi) is 5.05. The van der Waals surface area contributed by atoms with Gasteiger partial charge in [0.1, 0.15) is 0 Å². The molecule has 1 aromatic heterocycles. The van der Waals surface area contributed by atoms with E-state index in [-0.39, 0.29) is 0 Å². The summed E-state index contributed by atoms with van der Waals surface area (Å²) < 4.78 is 0. The fourth-order valence-corrected chi connectivity index (χ4v) is 5.07. The highest BCUT2D eigenvalue weighted by Crippen LogP contribution is 2.35. The molecule has 138 valence electrons. The van der Waals surface area contributed by atoms with Gasteiger partial charge in [-0.2, -0.15) is 0 Å². The second kappa shape index (κ2) is 7.45. The van der Waals surface area contributed by atoms with Crippen molar-refractivity contribution in [3.8, 4) is 0 Å². The van der Waals surface area contributed by atoms with E-state index in [0.717, 1.165) is 29.5 Å². The average molecular weight is 351 g/mol. The Morgan fingerprint density at radius 3 is 2.88 bits per heavy atom. The number of nitrogens with zero attached hydrogens (tertiary/aromatic N) is 3. The van der Waals surface area contributed by atoms with Crippen LogP contribution < -0.4 is 0 Å².